The van der Waals surface area contributed by atoms with Gasteiger partial charge in [0.2, 0.25) is 11.8 Å². The van der Waals surface area contributed by atoms with Crippen LogP contribution in [0.3, 0.4) is 0 Å². The first kappa shape index (κ1) is 14.5. The van der Waals surface area contributed by atoms with Crippen molar-refractivity contribution in [2.24, 2.45) is 5.73 Å². The molecule has 3 rings (SSSR count). The van der Waals surface area contributed by atoms with E-state index in [-0.39, 0.29) is 0 Å². The quantitative estimate of drug-likeness (QED) is 0.893. The van der Waals surface area contributed by atoms with E-state index in [9.17, 15) is 4.79 Å². The molecule has 0 spiro atoms. The molecular formula is C15H18N4O3. The minimum atomic E-state index is -0.402. The number of nitrogens with two attached hydrogens (primary N) is 1. The maximum atomic E-state index is 11.3. The molecule has 0 atom stereocenters. The Labute approximate surface area is 128 Å². The maximum absolute atomic E-state index is 11.3. The van der Waals surface area contributed by atoms with Gasteiger partial charge in [0.15, 0.2) is 5.82 Å². The van der Waals surface area contributed by atoms with Crippen molar-refractivity contribution in [3.63, 3.8) is 0 Å². The fourth-order valence-corrected chi connectivity index (χ4v) is 2.70. The zero-order valence-electron chi connectivity index (χ0n) is 12.4. The van der Waals surface area contributed by atoms with Gasteiger partial charge in [0.1, 0.15) is 6.61 Å². The van der Waals surface area contributed by atoms with Crippen LogP contribution in [0.4, 0.5) is 5.69 Å². The van der Waals surface area contributed by atoms with E-state index >= 15 is 0 Å². The van der Waals surface area contributed by atoms with Crippen LogP contribution in [-0.4, -0.2) is 29.7 Å². The Kier molecular flexibility index (Phi) is 4.06. The molecule has 0 bridgehead atoms. The van der Waals surface area contributed by atoms with E-state index < -0.39 is 5.91 Å². The number of hydrogen-bond donors (Lipinski definition) is 1. The third kappa shape index (κ3) is 2.94. The van der Waals surface area contributed by atoms with Crippen molar-refractivity contribution < 1.29 is 14.1 Å². The van der Waals surface area contributed by atoms with E-state index in [1.54, 1.807) is 13.2 Å². The van der Waals surface area contributed by atoms with Crippen LogP contribution in [0.15, 0.2) is 22.7 Å². The molecule has 1 aromatic carbocycles. The van der Waals surface area contributed by atoms with Gasteiger partial charge in [0.25, 0.3) is 0 Å². The molecule has 0 aliphatic carbocycles. The van der Waals surface area contributed by atoms with Crippen molar-refractivity contribution in [1.82, 2.24) is 10.1 Å². The summed E-state index contributed by atoms with van der Waals surface area (Å²) in [4.78, 5) is 17.8. The lowest BCUT2D eigenvalue weighted by atomic mass is 9.99. The summed E-state index contributed by atoms with van der Waals surface area (Å²) in [6.45, 7) is 1.78. The van der Waals surface area contributed by atoms with Gasteiger partial charge in [-0.15, -0.1) is 0 Å². The lowest BCUT2D eigenvalue weighted by molar-refractivity contribution is 0.1000. The molecule has 0 saturated heterocycles. The molecule has 7 heteroatoms. The molecule has 1 aromatic heterocycles. The Morgan fingerprint density at radius 1 is 1.50 bits per heavy atom. The summed E-state index contributed by atoms with van der Waals surface area (Å²) in [5, 5.41) is 3.87. The van der Waals surface area contributed by atoms with E-state index in [1.165, 1.54) is 0 Å². The fraction of sp³-hybridized carbons (Fsp3) is 0.400. The molecule has 0 unspecified atom stereocenters. The SMILES string of the molecule is COCc1noc(CN2CCCc3cc(C(N)=O)ccc32)n1. The maximum Gasteiger partial charge on any atom is 0.248 e. The summed E-state index contributed by atoms with van der Waals surface area (Å²) in [5.41, 5.74) is 8.09. The molecule has 2 N–H and O–H groups in total. The van der Waals surface area contributed by atoms with Crippen LogP contribution in [0.2, 0.25) is 0 Å². The highest BCUT2D eigenvalue weighted by Crippen LogP contribution is 2.29. The second-order valence-electron chi connectivity index (χ2n) is 5.27. The smallest absolute Gasteiger partial charge is 0.248 e. The van der Waals surface area contributed by atoms with Gasteiger partial charge in [0.05, 0.1) is 6.54 Å². The van der Waals surface area contributed by atoms with Crippen molar-refractivity contribution in [3.05, 3.63) is 41.0 Å². The van der Waals surface area contributed by atoms with E-state index in [2.05, 4.69) is 15.0 Å². The Balaban J connectivity index is 1.80. The monoisotopic (exact) mass is 302 g/mol. The van der Waals surface area contributed by atoms with Gasteiger partial charge in [-0.05, 0) is 36.6 Å². The summed E-state index contributed by atoms with van der Waals surface area (Å²) in [6.07, 6.45) is 1.94. The van der Waals surface area contributed by atoms with Crippen molar-refractivity contribution in [2.45, 2.75) is 26.0 Å². The predicted octanol–water partition coefficient (Wildman–Crippen LogP) is 1.27. The summed E-state index contributed by atoms with van der Waals surface area (Å²) >= 11 is 0. The first-order chi connectivity index (χ1) is 10.7. The number of aromatic nitrogens is 2. The van der Waals surface area contributed by atoms with Crippen LogP contribution in [0.25, 0.3) is 0 Å². The van der Waals surface area contributed by atoms with Crippen LogP contribution in [0, 0.1) is 0 Å². The minimum Gasteiger partial charge on any atom is -0.377 e. The lowest BCUT2D eigenvalue weighted by Gasteiger charge is -2.30. The van der Waals surface area contributed by atoms with Crippen LogP contribution < -0.4 is 10.6 Å². The second-order valence-corrected chi connectivity index (χ2v) is 5.27. The summed E-state index contributed by atoms with van der Waals surface area (Å²) in [5.74, 6) is 0.693. The van der Waals surface area contributed by atoms with Gasteiger partial charge in [-0.1, -0.05) is 5.16 Å². The van der Waals surface area contributed by atoms with Crippen molar-refractivity contribution in [2.75, 3.05) is 18.6 Å². The van der Waals surface area contributed by atoms with Gasteiger partial charge in [0, 0.05) is 24.9 Å². The molecular weight excluding hydrogens is 284 g/mol. The zero-order valence-corrected chi connectivity index (χ0v) is 12.4. The van der Waals surface area contributed by atoms with E-state index in [0.717, 1.165) is 30.6 Å². The molecule has 1 aliphatic rings. The van der Waals surface area contributed by atoms with Crippen LogP contribution in [-0.2, 0) is 24.3 Å². The Hall–Kier alpha value is -2.41. The van der Waals surface area contributed by atoms with Crippen LogP contribution in [0.1, 0.15) is 34.1 Å². The standard InChI is InChI=1S/C15H18N4O3/c1-21-9-13-17-14(22-18-13)8-19-6-2-3-10-7-11(15(16)20)4-5-12(10)19/h4-5,7H,2-3,6,8-9H2,1H3,(H2,16,20). The minimum absolute atomic E-state index is 0.335. The summed E-state index contributed by atoms with van der Waals surface area (Å²) in [7, 11) is 1.59. The average Bonchev–Trinajstić information content (AvgIpc) is 2.94. The molecule has 1 aliphatic heterocycles. The number of anilines is 1. The number of carbonyl (C=O) groups excluding carboxylic acids is 1. The number of carbonyl (C=O) groups is 1. The number of aryl methyl sites for hydroxylation is 1. The Bertz CT molecular complexity index is 683. The topological polar surface area (TPSA) is 94.5 Å². The summed E-state index contributed by atoms with van der Waals surface area (Å²) in [6, 6.07) is 5.55. The van der Waals surface area contributed by atoms with Gasteiger partial charge in [-0.3, -0.25) is 4.79 Å². The number of hydrogen-bond acceptors (Lipinski definition) is 6. The Morgan fingerprint density at radius 2 is 2.36 bits per heavy atom. The highest BCUT2D eigenvalue weighted by Gasteiger charge is 2.20. The number of amides is 1. The lowest BCUT2D eigenvalue weighted by Crippen LogP contribution is -2.29. The third-order valence-electron chi connectivity index (χ3n) is 3.69. The van der Waals surface area contributed by atoms with Gasteiger partial charge >= 0.3 is 0 Å². The molecule has 116 valence electrons. The fourth-order valence-electron chi connectivity index (χ4n) is 2.70. The molecule has 0 fully saturated rings. The van der Waals surface area contributed by atoms with E-state index in [1.807, 2.05) is 12.1 Å². The molecule has 0 radical (unpaired) electrons. The molecule has 2 aromatic rings. The highest BCUT2D eigenvalue weighted by atomic mass is 16.5. The first-order valence-electron chi connectivity index (χ1n) is 7.15. The van der Waals surface area contributed by atoms with Crippen LogP contribution >= 0.6 is 0 Å². The number of primary amides is 1. The molecule has 1 amide bonds. The number of methoxy groups -OCH3 is 1. The second kappa shape index (κ2) is 6.15. The van der Waals surface area contributed by atoms with Gasteiger partial charge < -0.3 is 19.9 Å². The predicted molar refractivity (Wildman–Crippen MR) is 79.3 cm³/mol. The largest absolute Gasteiger partial charge is 0.377 e. The molecule has 22 heavy (non-hydrogen) atoms. The third-order valence-corrected chi connectivity index (χ3v) is 3.69. The summed E-state index contributed by atoms with van der Waals surface area (Å²) < 4.78 is 10.2. The van der Waals surface area contributed by atoms with Crippen LogP contribution in [0.5, 0.6) is 0 Å². The molecule has 2 heterocycles. The number of fused-ring (bicyclic) bond motifs is 1. The zero-order chi connectivity index (χ0) is 15.5. The number of rotatable bonds is 5. The normalized spacial score (nSPS) is 14.0. The Morgan fingerprint density at radius 3 is 3.14 bits per heavy atom. The number of benzene rings is 1. The highest BCUT2D eigenvalue weighted by molar-refractivity contribution is 5.93. The first-order valence-corrected chi connectivity index (χ1v) is 7.15. The van der Waals surface area contributed by atoms with Crippen molar-refractivity contribution in [3.8, 4) is 0 Å². The van der Waals surface area contributed by atoms with Gasteiger partial charge in [-0.2, -0.15) is 4.98 Å². The van der Waals surface area contributed by atoms with E-state index in [4.69, 9.17) is 15.0 Å². The van der Waals surface area contributed by atoms with Gasteiger partial charge in [-0.25, -0.2) is 0 Å². The average molecular weight is 302 g/mol. The van der Waals surface area contributed by atoms with Crippen molar-refractivity contribution in [1.29, 1.82) is 0 Å². The number of nitrogens with zero attached hydrogens (tertiary/aromatic N) is 3. The molecule has 0 saturated carbocycles. The van der Waals surface area contributed by atoms with Crippen molar-refractivity contribution >= 4 is 11.6 Å². The number of ether oxygens (including phenoxy) is 1. The molecule has 7 nitrogen and oxygen atoms in total. The van der Waals surface area contributed by atoms with E-state index in [0.29, 0.717) is 30.4 Å².